The van der Waals surface area contributed by atoms with Crippen molar-refractivity contribution in [2.24, 2.45) is 4.99 Å². The highest BCUT2D eigenvalue weighted by Gasteiger charge is 2.23. The van der Waals surface area contributed by atoms with Crippen LogP contribution in [0.1, 0.15) is 4.88 Å². The van der Waals surface area contributed by atoms with E-state index in [0.717, 1.165) is 11.5 Å². The molecule has 0 radical (unpaired) electrons. The lowest BCUT2D eigenvalue weighted by Crippen LogP contribution is -3.05. The van der Waals surface area contributed by atoms with E-state index in [1.807, 2.05) is 6.07 Å². The second kappa shape index (κ2) is 5.48. The van der Waals surface area contributed by atoms with E-state index < -0.39 is 0 Å². The number of aliphatic imine (C=N–C) groups is 1. The number of benzene rings is 1. The second-order valence-corrected chi connectivity index (χ2v) is 4.97. The van der Waals surface area contributed by atoms with Crippen LogP contribution in [0.3, 0.4) is 0 Å². The Kier molecular flexibility index (Phi) is 3.97. The van der Waals surface area contributed by atoms with Crippen LogP contribution in [0.5, 0.6) is 0 Å². The molecule has 1 atom stereocenters. The molecule has 1 aliphatic heterocycles. The summed E-state index contributed by atoms with van der Waals surface area (Å²) in [6.07, 6.45) is 4.22. The van der Waals surface area contributed by atoms with Gasteiger partial charge in [-0.2, -0.15) is 4.99 Å². The van der Waals surface area contributed by atoms with Crippen LogP contribution in [0.4, 0.5) is 11.4 Å². The zero-order valence-corrected chi connectivity index (χ0v) is 11.5. The molecule has 1 unspecified atom stereocenters. The fourth-order valence-electron chi connectivity index (χ4n) is 1.95. The Balaban J connectivity index is 0.00000120. The standard InChI is InChI=1S/C14H12N2S.ClH/c1-16-13-7-3-2-6-12(13)15-14(16)9-8-11-5-4-10-17-11;/h2-10H,1H3;1H. The van der Waals surface area contributed by atoms with E-state index >= 15 is 0 Å². The minimum atomic E-state index is 0. The lowest BCUT2D eigenvalue weighted by Gasteiger charge is -2.05. The van der Waals surface area contributed by atoms with Crippen molar-refractivity contribution in [3.05, 3.63) is 52.7 Å². The monoisotopic (exact) mass is 276 g/mol. The van der Waals surface area contributed by atoms with E-state index in [4.69, 9.17) is 0 Å². The van der Waals surface area contributed by atoms with E-state index in [1.165, 1.54) is 15.5 Å². The molecule has 0 amide bonds. The average Bonchev–Trinajstić information content (AvgIpc) is 2.96. The van der Waals surface area contributed by atoms with Gasteiger partial charge >= 0.3 is 0 Å². The molecule has 1 N–H and O–H groups in total. The molecule has 18 heavy (non-hydrogen) atoms. The van der Waals surface area contributed by atoms with Crippen molar-refractivity contribution in [3.63, 3.8) is 0 Å². The van der Waals surface area contributed by atoms with Gasteiger partial charge < -0.3 is 12.4 Å². The van der Waals surface area contributed by atoms with E-state index in [1.54, 1.807) is 11.3 Å². The van der Waals surface area contributed by atoms with Gasteiger partial charge in [0.25, 0.3) is 0 Å². The lowest BCUT2D eigenvalue weighted by molar-refractivity contribution is -0.700. The maximum atomic E-state index is 4.63. The molecule has 1 aromatic carbocycles. The summed E-state index contributed by atoms with van der Waals surface area (Å²) in [6, 6.07) is 12.4. The zero-order chi connectivity index (χ0) is 11.7. The minimum absolute atomic E-state index is 0. The van der Waals surface area contributed by atoms with Gasteiger partial charge in [0.05, 0.1) is 7.05 Å². The number of likely N-dealkylation sites (N-methyl/N-ethyl adjacent to an activating group) is 1. The molecule has 0 bridgehead atoms. The van der Waals surface area contributed by atoms with Gasteiger partial charge in [0.1, 0.15) is 5.69 Å². The van der Waals surface area contributed by atoms with Crippen molar-refractivity contribution < 1.29 is 17.3 Å². The maximum absolute atomic E-state index is 4.63. The quantitative estimate of drug-likeness (QED) is 0.773. The molecule has 0 saturated heterocycles. The molecule has 92 valence electrons. The van der Waals surface area contributed by atoms with Gasteiger partial charge in [-0.25, -0.2) is 0 Å². The average molecular weight is 277 g/mol. The van der Waals surface area contributed by atoms with Gasteiger partial charge in [-0.05, 0) is 23.6 Å². The van der Waals surface area contributed by atoms with Gasteiger partial charge in [0.15, 0.2) is 5.69 Å². The first-order valence-corrected chi connectivity index (χ1v) is 6.46. The molecule has 0 spiro atoms. The van der Waals surface area contributed by atoms with Crippen molar-refractivity contribution in [3.8, 4) is 0 Å². The van der Waals surface area contributed by atoms with Crippen LogP contribution in [-0.2, 0) is 0 Å². The Morgan fingerprint density at radius 2 is 1.94 bits per heavy atom. The predicted octanol–water partition coefficient (Wildman–Crippen LogP) is -0.345. The van der Waals surface area contributed by atoms with Crippen molar-refractivity contribution in [1.82, 2.24) is 0 Å². The first kappa shape index (κ1) is 13.0. The van der Waals surface area contributed by atoms with Crippen LogP contribution in [0, 0.1) is 0 Å². The van der Waals surface area contributed by atoms with Crippen molar-refractivity contribution in [2.45, 2.75) is 0 Å². The Labute approximate surface area is 117 Å². The molecule has 3 rings (SSSR count). The molecular formula is C14H13ClN2S. The van der Waals surface area contributed by atoms with Crippen LogP contribution >= 0.6 is 11.3 Å². The topological polar surface area (TPSA) is 16.8 Å². The Bertz CT molecular complexity index is 588. The number of hydrogen-bond acceptors (Lipinski definition) is 2. The third-order valence-electron chi connectivity index (χ3n) is 2.88. The number of thiophene rings is 1. The fourth-order valence-corrected chi connectivity index (χ4v) is 2.57. The molecule has 2 heterocycles. The van der Waals surface area contributed by atoms with E-state index in [2.05, 4.69) is 59.9 Å². The molecule has 0 saturated carbocycles. The Hall–Kier alpha value is -1.42. The van der Waals surface area contributed by atoms with Crippen LogP contribution in [0.15, 0.2) is 52.8 Å². The van der Waals surface area contributed by atoms with Gasteiger partial charge in [-0.15, -0.1) is 11.3 Å². The number of rotatable bonds is 2. The highest BCUT2D eigenvalue weighted by Crippen LogP contribution is 2.24. The molecule has 0 aliphatic carbocycles. The molecule has 4 heteroatoms. The lowest BCUT2D eigenvalue weighted by atomic mass is 10.3. The number of amidine groups is 1. The predicted molar refractivity (Wildman–Crippen MR) is 73.4 cm³/mol. The van der Waals surface area contributed by atoms with Crippen LogP contribution in [-0.4, -0.2) is 12.9 Å². The number of para-hydroxylation sites is 2. The van der Waals surface area contributed by atoms with Gasteiger partial charge in [0.2, 0.25) is 5.84 Å². The van der Waals surface area contributed by atoms with Gasteiger partial charge in [0, 0.05) is 17.0 Å². The molecule has 0 fully saturated rings. The summed E-state index contributed by atoms with van der Waals surface area (Å²) in [7, 11) is 2.13. The first-order chi connectivity index (χ1) is 8.34. The van der Waals surface area contributed by atoms with E-state index in [0.29, 0.717) is 0 Å². The number of nitrogens with zero attached hydrogens (tertiary/aromatic N) is 1. The fraction of sp³-hybridized carbons (Fsp3) is 0.0714. The molecular weight excluding hydrogens is 264 g/mol. The molecule has 1 aliphatic rings. The summed E-state index contributed by atoms with van der Waals surface area (Å²) in [5.41, 5.74) is 2.33. The van der Waals surface area contributed by atoms with Crippen molar-refractivity contribution in [1.29, 1.82) is 0 Å². The summed E-state index contributed by atoms with van der Waals surface area (Å²) in [5.74, 6) is 1.07. The number of quaternary nitrogens is 1. The number of halogens is 1. The largest absolute Gasteiger partial charge is 1.00 e. The highest BCUT2D eigenvalue weighted by molar-refractivity contribution is 7.10. The molecule has 2 aromatic rings. The normalized spacial score (nSPS) is 17.4. The summed E-state index contributed by atoms with van der Waals surface area (Å²) >= 11 is 1.74. The highest BCUT2D eigenvalue weighted by atomic mass is 35.5. The summed E-state index contributed by atoms with van der Waals surface area (Å²) < 4.78 is 0. The summed E-state index contributed by atoms with van der Waals surface area (Å²) in [6.45, 7) is 0. The zero-order valence-electron chi connectivity index (χ0n) is 9.93. The Morgan fingerprint density at radius 3 is 2.67 bits per heavy atom. The Morgan fingerprint density at radius 1 is 1.11 bits per heavy atom. The van der Waals surface area contributed by atoms with Crippen molar-refractivity contribution >= 4 is 34.6 Å². The van der Waals surface area contributed by atoms with Crippen LogP contribution < -0.4 is 17.3 Å². The number of hydrogen-bond donors (Lipinski definition) is 1. The minimum Gasteiger partial charge on any atom is -1.00 e. The SMILES string of the molecule is C[NH+]1C(C=Cc2cccs2)=Nc2ccccc21.[Cl-]. The van der Waals surface area contributed by atoms with Crippen LogP contribution in [0.2, 0.25) is 0 Å². The van der Waals surface area contributed by atoms with E-state index in [-0.39, 0.29) is 12.4 Å². The van der Waals surface area contributed by atoms with Crippen molar-refractivity contribution in [2.75, 3.05) is 7.05 Å². The number of nitrogens with one attached hydrogen (secondary N) is 1. The van der Waals surface area contributed by atoms with Crippen LogP contribution in [0.25, 0.3) is 6.08 Å². The maximum Gasteiger partial charge on any atom is 0.231 e. The third-order valence-corrected chi connectivity index (χ3v) is 3.72. The second-order valence-electron chi connectivity index (χ2n) is 3.99. The van der Waals surface area contributed by atoms with Gasteiger partial charge in [-0.1, -0.05) is 18.2 Å². The summed E-state index contributed by atoms with van der Waals surface area (Å²) in [5, 5.41) is 2.08. The third kappa shape index (κ3) is 2.38. The first-order valence-electron chi connectivity index (χ1n) is 5.58. The summed E-state index contributed by atoms with van der Waals surface area (Å²) in [4.78, 5) is 7.15. The number of fused-ring (bicyclic) bond motifs is 1. The van der Waals surface area contributed by atoms with E-state index in [9.17, 15) is 0 Å². The molecule has 1 aromatic heterocycles. The molecule has 2 nitrogen and oxygen atoms in total. The smallest absolute Gasteiger partial charge is 0.231 e. The van der Waals surface area contributed by atoms with Gasteiger partial charge in [-0.3, -0.25) is 4.90 Å².